The first-order chi connectivity index (χ1) is 7.77. The van der Waals surface area contributed by atoms with Gasteiger partial charge in [0.05, 0.1) is 6.61 Å². The molecule has 0 unspecified atom stereocenters. The van der Waals surface area contributed by atoms with Crippen molar-refractivity contribution in [3.8, 4) is 5.75 Å². The van der Waals surface area contributed by atoms with Gasteiger partial charge in [-0.15, -0.1) is 0 Å². The topological polar surface area (TPSA) is 63.9 Å². The maximum Gasteiger partial charge on any atom is 0.120 e. The van der Waals surface area contributed by atoms with Gasteiger partial charge in [-0.05, 0) is 12.5 Å². The fourth-order valence-electron chi connectivity index (χ4n) is 1.59. The highest BCUT2D eigenvalue weighted by molar-refractivity contribution is 5.31. The van der Waals surface area contributed by atoms with E-state index in [1.165, 1.54) is 0 Å². The van der Waals surface area contributed by atoms with Gasteiger partial charge in [-0.3, -0.25) is 4.90 Å². The summed E-state index contributed by atoms with van der Waals surface area (Å²) in [7, 11) is 0. The summed E-state index contributed by atoms with van der Waals surface area (Å²) in [6, 6.07) is 7.16. The smallest absolute Gasteiger partial charge is 0.120 e. The van der Waals surface area contributed by atoms with Crippen molar-refractivity contribution in [3.63, 3.8) is 0 Å². The molecule has 3 N–H and O–H groups in total. The fraction of sp³-hybridized carbons (Fsp3) is 0.500. The SMILES string of the molecule is OCCCN(CCO)Cc1ccccc1O. The van der Waals surface area contributed by atoms with Crippen molar-refractivity contribution in [2.75, 3.05) is 26.3 Å². The molecule has 90 valence electrons. The van der Waals surface area contributed by atoms with Crippen LogP contribution in [0.4, 0.5) is 0 Å². The first kappa shape index (κ1) is 13.0. The van der Waals surface area contributed by atoms with Crippen LogP contribution in [0.25, 0.3) is 0 Å². The van der Waals surface area contributed by atoms with E-state index in [0.29, 0.717) is 26.1 Å². The number of benzene rings is 1. The zero-order chi connectivity index (χ0) is 11.8. The molecule has 16 heavy (non-hydrogen) atoms. The molecule has 0 fully saturated rings. The Balaban J connectivity index is 2.56. The maximum absolute atomic E-state index is 9.61. The molecule has 0 bridgehead atoms. The normalized spacial score (nSPS) is 10.9. The van der Waals surface area contributed by atoms with Crippen molar-refractivity contribution < 1.29 is 15.3 Å². The summed E-state index contributed by atoms with van der Waals surface area (Å²) in [5, 5.41) is 27.3. The van der Waals surface area contributed by atoms with Crippen LogP contribution in [0, 0.1) is 0 Å². The average molecular weight is 225 g/mol. The van der Waals surface area contributed by atoms with E-state index in [1.54, 1.807) is 12.1 Å². The number of aliphatic hydroxyl groups excluding tert-OH is 2. The molecule has 0 aliphatic rings. The van der Waals surface area contributed by atoms with Crippen LogP contribution in [-0.2, 0) is 6.54 Å². The summed E-state index contributed by atoms with van der Waals surface area (Å²) < 4.78 is 0. The van der Waals surface area contributed by atoms with Crippen molar-refractivity contribution in [1.29, 1.82) is 0 Å². The molecule has 0 aliphatic heterocycles. The molecule has 1 aromatic carbocycles. The summed E-state index contributed by atoms with van der Waals surface area (Å²) >= 11 is 0. The van der Waals surface area contributed by atoms with Crippen LogP contribution in [0.2, 0.25) is 0 Å². The monoisotopic (exact) mass is 225 g/mol. The molecule has 0 aromatic heterocycles. The van der Waals surface area contributed by atoms with Gasteiger partial charge in [-0.2, -0.15) is 0 Å². The second kappa shape index (κ2) is 7.22. The molecule has 0 atom stereocenters. The molecule has 0 aliphatic carbocycles. The Morgan fingerprint density at radius 3 is 2.38 bits per heavy atom. The Bertz CT molecular complexity index is 304. The van der Waals surface area contributed by atoms with Crippen LogP contribution in [0.1, 0.15) is 12.0 Å². The molecule has 0 amide bonds. The van der Waals surface area contributed by atoms with E-state index in [2.05, 4.69) is 0 Å². The zero-order valence-electron chi connectivity index (χ0n) is 9.34. The summed E-state index contributed by atoms with van der Waals surface area (Å²) in [6.45, 7) is 2.08. The summed E-state index contributed by atoms with van der Waals surface area (Å²) in [4.78, 5) is 2.01. The minimum atomic E-state index is 0.0824. The van der Waals surface area contributed by atoms with Gasteiger partial charge in [-0.25, -0.2) is 0 Å². The zero-order valence-corrected chi connectivity index (χ0v) is 9.34. The highest BCUT2D eigenvalue weighted by Crippen LogP contribution is 2.17. The number of aromatic hydroxyl groups is 1. The molecule has 0 saturated carbocycles. The number of nitrogens with zero attached hydrogens (tertiary/aromatic N) is 1. The molecule has 1 aromatic rings. The van der Waals surface area contributed by atoms with Crippen LogP contribution >= 0.6 is 0 Å². The molecule has 0 radical (unpaired) electrons. The van der Waals surface area contributed by atoms with E-state index in [4.69, 9.17) is 10.2 Å². The Morgan fingerprint density at radius 2 is 1.75 bits per heavy atom. The van der Waals surface area contributed by atoms with Crippen molar-refractivity contribution in [3.05, 3.63) is 29.8 Å². The molecule has 4 heteroatoms. The number of aliphatic hydroxyl groups is 2. The molecule has 4 nitrogen and oxygen atoms in total. The second-order valence-corrected chi connectivity index (χ2v) is 3.71. The molecule has 0 saturated heterocycles. The van der Waals surface area contributed by atoms with E-state index in [-0.39, 0.29) is 19.0 Å². The van der Waals surface area contributed by atoms with Gasteiger partial charge in [0, 0.05) is 31.8 Å². The van der Waals surface area contributed by atoms with Gasteiger partial charge in [0.2, 0.25) is 0 Å². The van der Waals surface area contributed by atoms with Crippen molar-refractivity contribution in [2.45, 2.75) is 13.0 Å². The number of hydrogen-bond acceptors (Lipinski definition) is 4. The summed E-state index contributed by atoms with van der Waals surface area (Å²) in [5.74, 6) is 0.273. The van der Waals surface area contributed by atoms with Gasteiger partial charge >= 0.3 is 0 Å². The van der Waals surface area contributed by atoms with Crippen LogP contribution in [-0.4, -0.2) is 46.5 Å². The van der Waals surface area contributed by atoms with Crippen molar-refractivity contribution >= 4 is 0 Å². The lowest BCUT2D eigenvalue weighted by Gasteiger charge is -2.21. The Hall–Kier alpha value is -1.10. The number of hydrogen-bond donors (Lipinski definition) is 3. The van der Waals surface area contributed by atoms with Gasteiger partial charge < -0.3 is 15.3 Å². The number of para-hydroxylation sites is 1. The Labute approximate surface area is 95.8 Å². The fourth-order valence-corrected chi connectivity index (χ4v) is 1.59. The number of rotatable bonds is 7. The molecule has 0 heterocycles. The first-order valence-corrected chi connectivity index (χ1v) is 5.49. The third kappa shape index (κ3) is 4.18. The van der Waals surface area contributed by atoms with E-state index in [1.807, 2.05) is 17.0 Å². The van der Waals surface area contributed by atoms with Crippen LogP contribution < -0.4 is 0 Å². The minimum absolute atomic E-state index is 0.0824. The lowest BCUT2D eigenvalue weighted by Crippen LogP contribution is -2.28. The standard InChI is InChI=1S/C12H19NO3/c14-8-3-6-13(7-9-15)10-11-4-1-2-5-12(11)16/h1-2,4-5,14-16H,3,6-10H2. The number of phenols is 1. The third-order valence-corrected chi connectivity index (χ3v) is 2.43. The predicted molar refractivity (Wildman–Crippen MR) is 62.2 cm³/mol. The highest BCUT2D eigenvalue weighted by atomic mass is 16.3. The molecular weight excluding hydrogens is 206 g/mol. The Morgan fingerprint density at radius 1 is 1.00 bits per heavy atom. The van der Waals surface area contributed by atoms with Crippen molar-refractivity contribution in [1.82, 2.24) is 4.90 Å². The molecular formula is C12H19NO3. The van der Waals surface area contributed by atoms with Crippen LogP contribution in [0.5, 0.6) is 5.75 Å². The van der Waals surface area contributed by atoms with E-state index < -0.39 is 0 Å². The van der Waals surface area contributed by atoms with Gasteiger partial charge in [0.25, 0.3) is 0 Å². The Kier molecular flexibility index (Phi) is 5.85. The van der Waals surface area contributed by atoms with Crippen molar-refractivity contribution in [2.24, 2.45) is 0 Å². The second-order valence-electron chi connectivity index (χ2n) is 3.71. The van der Waals surface area contributed by atoms with Gasteiger partial charge in [0.15, 0.2) is 0 Å². The average Bonchev–Trinajstić information content (AvgIpc) is 2.29. The van der Waals surface area contributed by atoms with E-state index >= 15 is 0 Å². The number of phenolic OH excluding ortho intramolecular Hbond substituents is 1. The highest BCUT2D eigenvalue weighted by Gasteiger charge is 2.07. The lowest BCUT2D eigenvalue weighted by atomic mass is 10.2. The summed E-state index contributed by atoms with van der Waals surface area (Å²) in [6.07, 6.45) is 0.674. The van der Waals surface area contributed by atoms with Crippen LogP contribution in [0.15, 0.2) is 24.3 Å². The van der Waals surface area contributed by atoms with E-state index in [0.717, 1.165) is 5.56 Å². The quantitative estimate of drug-likeness (QED) is 0.635. The minimum Gasteiger partial charge on any atom is -0.508 e. The largest absolute Gasteiger partial charge is 0.508 e. The van der Waals surface area contributed by atoms with Gasteiger partial charge in [-0.1, -0.05) is 18.2 Å². The molecule has 1 rings (SSSR count). The van der Waals surface area contributed by atoms with Crippen LogP contribution in [0.3, 0.4) is 0 Å². The maximum atomic E-state index is 9.61. The summed E-state index contributed by atoms with van der Waals surface area (Å²) in [5.41, 5.74) is 0.842. The third-order valence-electron chi connectivity index (χ3n) is 2.43. The molecule has 0 spiro atoms. The van der Waals surface area contributed by atoms with E-state index in [9.17, 15) is 5.11 Å². The predicted octanol–water partition coefficient (Wildman–Crippen LogP) is 0.569. The lowest BCUT2D eigenvalue weighted by molar-refractivity contribution is 0.173. The van der Waals surface area contributed by atoms with Gasteiger partial charge in [0.1, 0.15) is 5.75 Å². The first-order valence-electron chi connectivity index (χ1n) is 5.49.